The molecule has 1 aliphatic rings. The molecule has 1 atom stereocenters. The summed E-state index contributed by atoms with van der Waals surface area (Å²) in [6, 6.07) is 7.58. The lowest BCUT2D eigenvalue weighted by atomic mass is 10.1. The zero-order chi connectivity index (χ0) is 19.6. The average Bonchev–Trinajstić information content (AvgIpc) is 3.16. The van der Waals surface area contributed by atoms with Crippen LogP contribution >= 0.6 is 11.3 Å². The number of para-hydroxylation sites is 1. The van der Waals surface area contributed by atoms with Crippen LogP contribution in [0.1, 0.15) is 28.0 Å². The van der Waals surface area contributed by atoms with E-state index < -0.39 is 9.84 Å². The van der Waals surface area contributed by atoms with E-state index in [1.807, 2.05) is 50.4 Å². The number of benzene rings is 1. The predicted octanol–water partition coefficient (Wildman–Crippen LogP) is 3.27. The molecule has 3 rings (SSSR count). The van der Waals surface area contributed by atoms with Crippen LogP contribution in [0, 0.1) is 20.8 Å². The Kier molecular flexibility index (Phi) is 5.91. The third-order valence-electron chi connectivity index (χ3n) is 5.00. The zero-order valence-corrected chi connectivity index (χ0v) is 17.5. The van der Waals surface area contributed by atoms with Gasteiger partial charge in [-0.1, -0.05) is 18.2 Å². The van der Waals surface area contributed by atoms with Crippen LogP contribution in [0.15, 0.2) is 29.6 Å². The number of amides is 1. The van der Waals surface area contributed by atoms with Crippen LogP contribution in [0.25, 0.3) is 0 Å². The Balaban J connectivity index is 1.77. The van der Waals surface area contributed by atoms with Gasteiger partial charge in [-0.2, -0.15) is 0 Å². The SMILES string of the molecule is Cc1ccsc1CN(C(=O)COc1c(C)cccc1C)[C@@H]1CCS(=O)(=O)C1. The Hall–Kier alpha value is -1.86. The molecule has 0 radical (unpaired) electrons. The van der Waals surface area contributed by atoms with Crippen LogP contribution in [0.3, 0.4) is 0 Å². The average molecular weight is 408 g/mol. The van der Waals surface area contributed by atoms with Crippen molar-refractivity contribution in [3.63, 3.8) is 0 Å². The fourth-order valence-electron chi connectivity index (χ4n) is 3.41. The predicted molar refractivity (Wildman–Crippen MR) is 108 cm³/mol. The first-order chi connectivity index (χ1) is 12.8. The van der Waals surface area contributed by atoms with Crippen LogP contribution < -0.4 is 4.74 Å². The monoisotopic (exact) mass is 407 g/mol. The highest BCUT2D eigenvalue weighted by Crippen LogP contribution is 2.26. The van der Waals surface area contributed by atoms with Crippen LogP contribution in [-0.4, -0.2) is 43.4 Å². The van der Waals surface area contributed by atoms with Gasteiger partial charge in [-0.05, 0) is 55.3 Å². The number of nitrogens with zero attached hydrogens (tertiary/aromatic N) is 1. The molecule has 7 heteroatoms. The summed E-state index contributed by atoms with van der Waals surface area (Å²) < 4.78 is 29.7. The van der Waals surface area contributed by atoms with Crippen molar-refractivity contribution in [2.45, 2.75) is 39.8 Å². The molecule has 1 aromatic heterocycles. The largest absolute Gasteiger partial charge is 0.483 e. The summed E-state index contributed by atoms with van der Waals surface area (Å²) >= 11 is 1.59. The van der Waals surface area contributed by atoms with Gasteiger partial charge in [-0.15, -0.1) is 11.3 Å². The molecule has 1 amide bonds. The standard InChI is InChI=1S/C20H25NO4S2/c1-14-7-9-26-18(14)11-21(17-8-10-27(23,24)13-17)19(22)12-25-20-15(2)5-4-6-16(20)3/h4-7,9,17H,8,10-13H2,1-3H3/t17-/m1/s1. The molecule has 5 nitrogen and oxygen atoms in total. The topological polar surface area (TPSA) is 63.7 Å². The maximum atomic E-state index is 13.0. The molecule has 0 N–H and O–H groups in total. The summed E-state index contributed by atoms with van der Waals surface area (Å²) in [7, 11) is -3.07. The molecule has 0 bridgehead atoms. The number of hydrogen-bond donors (Lipinski definition) is 0. The van der Waals surface area contributed by atoms with E-state index in [0.717, 1.165) is 27.3 Å². The zero-order valence-electron chi connectivity index (χ0n) is 15.9. The van der Waals surface area contributed by atoms with Gasteiger partial charge in [0.15, 0.2) is 16.4 Å². The molecule has 2 heterocycles. The van der Waals surface area contributed by atoms with E-state index in [0.29, 0.717) is 13.0 Å². The number of carbonyl (C=O) groups excluding carboxylic acids is 1. The molecule has 2 aromatic rings. The van der Waals surface area contributed by atoms with Crippen molar-refractivity contribution in [1.82, 2.24) is 4.90 Å². The number of ether oxygens (including phenoxy) is 1. The number of thiophene rings is 1. The molecule has 0 aliphatic carbocycles. The highest BCUT2D eigenvalue weighted by Gasteiger charge is 2.35. The summed E-state index contributed by atoms with van der Waals surface area (Å²) in [4.78, 5) is 15.8. The smallest absolute Gasteiger partial charge is 0.261 e. The van der Waals surface area contributed by atoms with Crippen molar-refractivity contribution in [2.24, 2.45) is 0 Å². The molecule has 0 unspecified atom stereocenters. The number of rotatable bonds is 6. The van der Waals surface area contributed by atoms with E-state index in [4.69, 9.17) is 4.74 Å². The van der Waals surface area contributed by atoms with Crippen LogP contribution in [-0.2, 0) is 21.2 Å². The summed E-state index contributed by atoms with van der Waals surface area (Å²) in [5.41, 5.74) is 3.08. The Bertz CT molecular complexity index is 913. The van der Waals surface area contributed by atoms with E-state index >= 15 is 0 Å². The first-order valence-corrected chi connectivity index (χ1v) is 11.7. The lowest BCUT2D eigenvalue weighted by molar-refractivity contribution is -0.135. The van der Waals surface area contributed by atoms with E-state index in [1.54, 1.807) is 16.2 Å². The normalized spacial score (nSPS) is 18.4. The second kappa shape index (κ2) is 8.02. The summed E-state index contributed by atoms with van der Waals surface area (Å²) in [5, 5.41) is 1.99. The maximum absolute atomic E-state index is 13.0. The fourth-order valence-corrected chi connectivity index (χ4v) is 6.04. The second-order valence-electron chi connectivity index (χ2n) is 7.11. The number of hydrogen-bond acceptors (Lipinski definition) is 5. The van der Waals surface area contributed by atoms with Gasteiger partial charge in [-0.3, -0.25) is 4.79 Å². The number of carbonyl (C=O) groups is 1. The highest BCUT2D eigenvalue weighted by molar-refractivity contribution is 7.91. The van der Waals surface area contributed by atoms with Gasteiger partial charge in [0.05, 0.1) is 18.1 Å². The highest BCUT2D eigenvalue weighted by atomic mass is 32.2. The van der Waals surface area contributed by atoms with E-state index in [-0.39, 0.29) is 30.1 Å². The van der Waals surface area contributed by atoms with Crippen molar-refractivity contribution in [1.29, 1.82) is 0 Å². The Morgan fingerprint density at radius 3 is 2.44 bits per heavy atom. The van der Waals surface area contributed by atoms with Crippen molar-refractivity contribution in [3.05, 3.63) is 51.2 Å². The molecule has 27 heavy (non-hydrogen) atoms. The third kappa shape index (κ3) is 4.71. The lowest BCUT2D eigenvalue weighted by Gasteiger charge is -2.28. The summed E-state index contributed by atoms with van der Waals surface area (Å²) in [6.45, 7) is 6.24. The van der Waals surface area contributed by atoms with Crippen molar-refractivity contribution in [3.8, 4) is 5.75 Å². The molecule has 1 aliphatic heterocycles. The van der Waals surface area contributed by atoms with Crippen LogP contribution in [0.5, 0.6) is 5.75 Å². The van der Waals surface area contributed by atoms with E-state index in [2.05, 4.69) is 0 Å². The Morgan fingerprint density at radius 2 is 1.89 bits per heavy atom. The molecule has 0 spiro atoms. The van der Waals surface area contributed by atoms with E-state index in [1.165, 1.54) is 0 Å². The minimum Gasteiger partial charge on any atom is -0.483 e. The number of sulfone groups is 1. The van der Waals surface area contributed by atoms with Crippen molar-refractivity contribution < 1.29 is 17.9 Å². The summed E-state index contributed by atoms with van der Waals surface area (Å²) in [6.07, 6.45) is 0.488. The van der Waals surface area contributed by atoms with Crippen LogP contribution in [0.4, 0.5) is 0 Å². The first kappa shape index (κ1) is 19.9. The van der Waals surface area contributed by atoms with Crippen molar-refractivity contribution >= 4 is 27.1 Å². The molecular formula is C20H25NO4S2. The second-order valence-corrected chi connectivity index (χ2v) is 10.3. The minimum atomic E-state index is -3.07. The Labute approximate surface area is 164 Å². The van der Waals surface area contributed by atoms with Gasteiger partial charge in [0.2, 0.25) is 0 Å². The van der Waals surface area contributed by atoms with E-state index in [9.17, 15) is 13.2 Å². The molecule has 1 saturated heterocycles. The van der Waals surface area contributed by atoms with Gasteiger partial charge >= 0.3 is 0 Å². The molecule has 146 valence electrons. The molecule has 0 saturated carbocycles. The third-order valence-corrected chi connectivity index (χ3v) is 7.76. The molecular weight excluding hydrogens is 382 g/mol. The van der Waals surface area contributed by atoms with Gasteiger partial charge < -0.3 is 9.64 Å². The van der Waals surface area contributed by atoms with Gasteiger partial charge in [0.1, 0.15) is 5.75 Å². The quantitative estimate of drug-likeness (QED) is 0.737. The van der Waals surface area contributed by atoms with Gasteiger partial charge in [0.25, 0.3) is 5.91 Å². The van der Waals surface area contributed by atoms with Gasteiger partial charge in [0, 0.05) is 10.9 Å². The molecule has 1 aromatic carbocycles. The Morgan fingerprint density at radius 1 is 1.19 bits per heavy atom. The fraction of sp³-hybridized carbons (Fsp3) is 0.450. The van der Waals surface area contributed by atoms with Gasteiger partial charge in [-0.25, -0.2) is 8.42 Å². The first-order valence-electron chi connectivity index (χ1n) is 8.99. The minimum absolute atomic E-state index is 0.0343. The summed E-state index contributed by atoms with van der Waals surface area (Å²) in [5.74, 6) is 0.722. The van der Waals surface area contributed by atoms with Crippen LogP contribution in [0.2, 0.25) is 0 Å². The molecule has 1 fully saturated rings. The maximum Gasteiger partial charge on any atom is 0.261 e. The lowest BCUT2D eigenvalue weighted by Crippen LogP contribution is -2.43. The number of aryl methyl sites for hydroxylation is 3. The van der Waals surface area contributed by atoms with Crippen molar-refractivity contribution in [2.75, 3.05) is 18.1 Å².